The molecule has 2 heterocycles. The van der Waals surface area contributed by atoms with Crippen molar-refractivity contribution < 1.29 is 9.59 Å². The number of carbonyl (C=O) groups is 2. The van der Waals surface area contributed by atoms with Crippen LogP contribution in [0.2, 0.25) is 0 Å². The first-order valence-corrected chi connectivity index (χ1v) is 9.99. The van der Waals surface area contributed by atoms with Crippen molar-refractivity contribution in [3.8, 4) is 0 Å². The molecule has 0 bridgehead atoms. The summed E-state index contributed by atoms with van der Waals surface area (Å²) in [7, 11) is 0. The number of piperidine rings is 1. The van der Waals surface area contributed by atoms with Gasteiger partial charge in [-0.2, -0.15) is 0 Å². The molecule has 1 spiro atoms. The minimum atomic E-state index is -0.347. The zero-order chi connectivity index (χ0) is 18.9. The van der Waals surface area contributed by atoms with Gasteiger partial charge in [-0.1, -0.05) is 52.0 Å². The molecule has 0 saturated carbocycles. The van der Waals surface area contributed by atoms with Crippen LogP contribution in [0.5, 0.6) is 0 Å². The predicted molar refractivity (Wildman–Crippen MR) is 104 cm³/mol. The molecule has 2 saturated heterocycles. The maximum Gasteiger partial charge on any atom is 0.230 e. The predicted octanol–water partition coefficient (Wildman–Crippen LogP) is 3.81. The molecule has 4 nitrogen and oxygen atoms in total. The van der Waals surface area contributed by atoms with Crippen molar-refractivity contribution in [1.29, 1.82) is 0 Å². The SMILES string of the molecule is CC(C)C(=O)N1CCC2(CCCN(Cc3ccc(C(C)C)cc3)C2=O)C1. The standard InChI is InChI=1S/C22H32N2O2/c1-16(2)19-8-6-18(7-9-19)14-23-12-5-10-22(21(23)26)11-13-24(15-22)20(25)17(3)4/h6-9,16-17H,5,10-15H2,1-4H3. The molecule has 1 aromatic carbocycles. The molecule has 2 aliphatic rings. The summed E-state index contributed by atoms with van der Waals surface area (Å²) in [5, 5.41) is 0. The van der Waals surface area contributed by atoms with Gasteiger partial charge >= 0.3 is 0 Å². The lowest BCUT2D eigenvalue weighted by atomic mass is 9.78. The largest absolute Gasteiger partial charge is 0.341 e. The van der Waals surface area contributed by atoms with Crippen LogP contribution in [0, 0.1) is 11.3 Å². The zero-order valence-electron chi connectivity index (χ0n) is 16.6. The Hall–Kier alpha value is -1.84. The summed E-state index contributed by atoms with van der Waals surface area (Å²) >= 11 is 0. The van der Waals surface area contributed by atoms with E-state index >= 15 is 0 Å². The third-order valence-corrected chi connectivity index (χ3v) is 6.00. The van der Waals surface area contributed by atoms with Crippen LogP contribution in [0.4, 0.5) is 0 Å². The van der Waals surface area contributed by atoms with Gasteiger partial charge in [0.2, 0.25) is 11.8 Å². The van der Waals surface area contributed by atoms with E-state index in [-0.39, 0.29) is 23.1 Å². The third kappa shape index (κ3) is 3.65. The van der Waals surface area contributed by atoms with E-state index in [0.29, 0.717) is 19.0 Å². The lowest BCUT2D eigenvalue weighted by Crippen LogP contribution is -2.50. The minimum Gasteiger partial charge on any atom is -0.341 e. The van der Waals surface area contributed by atoms with E-state index in [4.69, 9.17) is 0 Å². The Labute approximate surface area is 157 Å². The molecule has 26 heavy (non-hydrogen) atoms. The van der Waals surface area contributed by atoms with Crippen LogP contribution in [-0.4, -0.2) is 41.2 Å². The molecule has 0 aliphatic carbocycles. The van der Waals surface area contributed by atoms with Gasteiger partial charge in [0.1, 0.15) is 0 Å². The van der Waals surface area contributed by atoms with Crippen molar-refractivity contribution in [2.45, 2.75) is 59.4 Å². The fraction of sp³-hybridized carbons (Fsp3) is 0.636. The van der Waals surface area contributed by atoms with Gasteiger partial charge in [-0.15, -0.1) is 0 Å². The van der Waals surface area contributed by atoms with Gasteiger partial charge in [-0.3, -0.25) is 9.59 Å². The second-order valence-electron chi connectivity index (χ2n) is 8.67. The molecular formula is C22H32N2O2. The van der Waals surface area contributed by atoms with Crippen molar-refractivity contribution in [2.75, 3.05) is 19.6 Å². The van der Waals surface area contributed by atoms with E-state index in [0.717, 1.165) is 32.4 Å². The quantitative estimate of drug-likeness (QED) is 0.823. The maximum absolute atomic E-state index is 13.3. The second kappa shape index (κ2) is 7.42. The summed E-state index contributed by atoms with van der Waals surface area (Å²) in [5.41, 5.74) is 2.17. The molecule has 1 atom stereocenters. The van der Waals surface area contributed by atoms with Crippen LogP contribution in [0.25, 0.3) is 0 Å². The molecule has 142 valence electrons. The van der Waals surface area contributed by atoms with E-state index in [9.17, 15) is 9.59 Å². The molecule has 2 aliphatic heterocycles. The van der Waals surface area contributed by atoms with Gasteiger partial charge in [0.15, 0.2) is 0 Å². The summed E-state index contributed by atoms with van der Waals surface area (Å²) in [4.78, 5) is 29.5. The molecule has 0 aromatic heterocycles. The van der Waals surface area contributed by atoms with Crippen LogP contribution >= 0.6 is 0 Å². The van der Waals surface area contributed by atoms with E-state index < -0.39 is 0 Å². The average molecular weight is 357 g/mol. The van der Waals surface area contributed by atoms with E-state index in [1.165, 1.54) is 11.1 Å². The van der Waals surface area contributed by atoms with Crippen molar-refractivity contribution >= 4 is 11.8 Å². The van der Waals surface area contributed by atoms with E-state index in [2.05, 4.69) is 38.1 Å². The molecule has 2 amide bonds. The van der Waals surface area contributed by atoms with Crippen molar-refractivity contribution in [3.63, 3.8) is 0 Å². The Morgan fingerprint density at radius 2 is 1.77 bits per heavy atom. The van der Waals surface area contributed by atoms with Crippen LogP contribution in [-0.2, 0) is 16.1 Å². The second-order valence-corrected chi connectivity index (χ2v) is 8.67. The molecule has 4 heteroatoms. The summed E-state index contributed by atoms with van der Waals surface area (Å²) < 4.78 is 0. The fourth-order valence-corrected chi connectivity index (χ4v) is 4.34. The first-order chi connectivity index (χ1) is 12.3. The number of benzene rings is 1. The number of likely N-dealkylation sites (tertiary alicyclic amines) is 2. The smallest absolute Gasteiger partial charge is 0.230 e. The summed E-state index contributed by atoms with van der Waals surface area (Å²) in [6, 6.07) is 8.63. The van der Waals surface area contributed by atoms with Crippen LogP contribution in [0.3, 0.4) is 0 Å². The van der Waals surface area contributed by atoms with Gasteiger partial charge < -0.3 is 9.80 Å². The molecule has 0 radical (unpaired) electrons. The van der Waals surface area contributed by atoms with Crippen molar-refractivity contribution in [1.82, 2.24) is 9.80 Å². The molecule has 1 unspecified atom stereocenters. The number of nitrogens with zero attached hydrogens (tertiary/aromatic N) is 2. The molecule has 0 N–H and O–H groups in total. The number of rotatable bonds is 4. The molecule has 3 rings (SSSR count). The molecule has 2 fully saturated rings. The molecular weight excluding hydrogens is 324 g/mol. The Balaban J connectivity index is 1.69. The average Bonchev–Trinajstić information content (AvgIpc) is 3.04. The van der Waals surface area contributed by atoms with Gasteiger partial charge in [0.25, 0.3) is 0 Å². The lowest BCUT2D eigenvalue weighted by Gasteiger charge is -2.39. The third-order valence-electron chi connectivity index (χ3n) is 6.00. The van der Waals surface area contributed by atoms with Gasteiger partial charge in [0, 0.05) is 32.1 Å². The highest BCUT2D eigenvalue weighted by molar-refractivity contribution is 5.86. The van der Waals surface area contributed by atoms with Crippen molar-refractivity contribution in [2.24, 2.45) is 11.3 Å². The van der Waals surface area contributed by atoms with Crippen LogP contribution < -0.4 is 0 Å². The number of hydrogen-bond acceptors (Lipinski definition) is 2. The first-order valence-electron chi connectivity index (χ1n) is 9.99. The van der Waals surface area contributed by atoms with Gasteiger partial charge in [-0.25, -0.2) is 0 Å². The Bertz CT molecular complexity index is 665. The lowest BCUT2D eigenvalue weighted by molar-refractivity contribution is -0.147. The number of hydrogen-bond donors (Lipinski definition) is 0. The minimum absolute atomic E-state index is 0.000539. The Morgan fingerprint density at radius 3 is 2.38 bits per heavy atom. The summed E-state index contributed by atoms with van der Waals surface area (Å²) in [5.74, 6) is 0.943. The number of carbonyl (C=O) groups excluding carboxylic acids is 2. The molecule has 1 aromatic rings. The topological polar surface area (TPSA) is 40.6 Å². The highest BCUT2D eigenvalue weighted by Crippen LogP contribution is 2.40. The van der Waals surface area contributed by atoms with E-state index in [1.807, 2.05) is 23.6 Å². The Kier molecular flexibility index (Phi) is 5.40. The summed E-state index contributed by atoms with van der Waals surface area (Å²) in [6.07, 6.45) is 2.75. The normalized spacial score (nSPS) is 23.5. The summed E-state index contributed by atoms with van der Waals surface area (Å²) in [6.45, 7) is 11.1. The van der Waals surface area contributed by atoms with Crippen LogP contribution in [0.15, 0.2) is 24.3 Å². The first kappa shape index (κ1) is 18.9. The van der Waals surface area contributed by atoms with Crippen LogP contribution in [0.1, 0.15) is 64.0 Å². The zero-order valence-corrected chi connectivity index (χ0v) is 16.6. The van der Waals surface area contributed by atoms with Gasteiger partial charge in [-0.05, 0) is 36.3 Å². The van der Waals surface area contributed by atoms with Crippen molar-refractivity contribution in [3.05, 3.63) is 35.4 Å². The van der Waals surface area contributed by atoms with E-state index in [1.54, 1.807) is 0 Å². The highest BCUT2D eigenvalue weighted by Gasteiger charge is 2.49. The van der Waals surface area contributed by atoms with Gasteiger partial charge in [0.05, 0.1) is 5.41 Å². The monoisotopic (exact) mass is 356 g/mol. The fourth-order valence-electron chi connectivity index (χ4n) is 4.34. The number of amides is 2. The highest BCUT2D eigenvalue weighted by atomic mass is 16.2. The Morgan fingerprint density at radius 1 is 1.08 bits per heavy atom. The maximum atomic E-state index is 13.3.